The highest BCUT2D eigenvalue weighted by Gasteiger charge is 2.57. The number of nitrogens with one attached hydrogen (secondary N) is 1. The standard InChI is InChI=1S/C12H12N3O3.C7H10.C3H8O2/c1-2-14-10-9(13-15(14)18)11(16)7-5-3-4-6-8(7)12(10)17;1-3-5-7-6-4-2;1-2-3(4)5/h3-6,9-10H,2H2,1H3,(H,13,18);3-7H,1H2,2H3;3-5H,2H2,1H3/q+1;;/b;6-4-,7-5-;. The fraction of sp³-hybridized carbons (Fsp3) is 0.364. The van der Waals surface area contributed by atoms with Crippen LogP contribution in [0.5, 0.6) is 0 Å². The predicted molar refractivity (Wildman–Crippen MR) is 114 cm³/mol. The quantitative estimate of drug-likeness (QED) is 0.393. The number of likely N-dealkylation sites (N-methyl/N-ethyl adjacent to an activating group) is 1. The molecule has 1 fully saturated rings. The van der Waals surface area contributed by atoms with Crippen molar-refractivity contribution in [1.82, 2.24) is 10.4 Å². The Labute approximate surface area is 176 Å². The molecule has 0 aromatic heterocycles. The second-order valence-corrected chi connectivity index (χ2v) is 6.39. The number of ketones is 2. The number of allylic oxidation sites excluding steroid dienone is 5. The number of nitrogens with zero attached hydrogens (tertiary/aromatic N) is 2. The van der Waals surface area contributed by atoms with Crippen LogP contribution < -0.4 is 5.43 Å². The third-order valence-corrected chi connectivity index (χ3v) is 4.37. The number of hydrazine groups is 2. The first-order valence-corrected chi connectivity index (χ1v) is 9.77. The van der Waals surface area contributed by atoms with Gasteiger partial charge in [0.2, 0.25) is 4.98 Å². The van der Waals surface area contributed by atoms with E-state index in [0.717, 1.165) is 0 Å². The Morgan fingerprint density at radius 1 is 1.13 bits per heavy atom. The Hall–Kier alpha value is -3.10. The summed E-state index contributed by atoms with van der Waals surface area (Å²) in [4.78, 5) is 36.7. The molecule has 0 spiro atoms. The number of carbonyl (C=O) groups excluding carboxylic acids is 2. The summed E-state index contributed by atoms with van der Waals surface area (Å²) in [6.07, 6.45) is 8.81. The fourth-order valence-electron chi connectivity index (χ4n) is 2.86. The van der Waals surface area contributed by atoms with E-state index in [4.69, 9.17) is 10.2 Å². The van der Waals surface area contributed by atoms with Crippen LogP contribution >= 0.6 is 0 Å². The molecule has 0 amide bonds. The summed E-state index contributed by atoms with van der Waals surface area (Å²) in [7, 11) is 0. The lowest BCUT2D eigenvalue weighted by molar-refractivity contribution is -0.732. The SMILES string of the molecule is C=C/C=C\C=C/C.CCC(O)O.CCN1C2C(=O)c3ccccc3C(=O)C2N[N+]1=O. The number of aliphatic hydroxyl groups is 2. The third kappa shape index (κ3) is 6.20. The summed E-state index contributed by atoms with van der Waals surface area (Å²) < 4.78 is 0. The number of aliphatic hydroxyl groups excluding tert-OH is 1. The Kier molecular flexibility index (Phi) is 10.4. The minimum absolute atomic E-state index is 0.178. The van der Waals surface area contributed by atoms with Crippen molar-refractivity contribution >= 4 is 11.6 Å². The zero-order valence-electron chi connectivity index (χ0n) is 17.6. The van der Waals surface area contributed by atoms with E-state index in [-0.39, 0.29) is 11.6 Å². The molecular formula is C22H30N3O5+. The van der Waals surface area contributed by atoms with E-state index >= 15 is 0 Å². The average Bonchev–Trinajstić information content (AvgIpc) is 3.10. The number of hydrogen-bond donors (Lipinski definition) is 3. The highest BCUT2D eigenvalue weighted by atomic mass is 16.5. The maximum absolute atomic E-state index is 12.4. The van der Waals surface area contributed by atoms with Gasteiger partial charge in [-0.25, -0.2) is 0 Å². The van der Waals surface area contributed by atoms with Gasteiger partial charge in [-0.3, -0.25) is 9.59 Å². The molecule has 0 radical (unpaired) electrons. The Morgan fingerprint density at radius 2 is 1.70 bits per heavy atom. The molecule has 0 saturated carbocycles. The van der Waals surface area contributed by atoms with Crippen molar-refractivity contribution in [3.63, 3.8) is 0 Å². The number of Topliss-reactive ketones (excluding diaryl/α,β-unsaturated/α-hetero) is 2. The second kappa shape index (κ2) is 12.5. The number of carbonyl (C=O) groups is 2. The van der Waals surface area contributed by atoms with E-state index in [1.807, 2.05) is 31.2 Å². The van der Waals surface area contributed by atoms with Crippen molar-refractivity contribution in [1.29, 1.82) is 0 Å². The van der Waals surface area contributed by atoms with Gasteiger partial charge >= 0.3 is 0 Å². The van der Waals surface area contributed by atoms with E-state index < -0.39 is 18.4 Å². The highest BCUT2D eigenvalue weighted by molar-refractivity contribution is 6.19. The molecule has 3 N–H and O–H groups in total. The van der Waals surface area contributed by atoms with Crippen LogP contribution in [0.3, 0.4) is 0 Å². The van der Waals surface area contributed by atoms with Gasteiger partial charge in [0.1, 0.15) is 0 Å². The fourth-order valence-corrected chi connectivity index (χ4v) is 2.86. The van der Waals surface area contributed by atoms with Gasteiger partial charge in [0.25, 0.3) is 0 Å². The maximum atomic E-state index is 12.4. The molecule has 8 heteroatoms. The second-order valence-electron chi connectivity index (χ2n) is 6.39. The average molecular weight is 416 g/mol. The van der Waals surface area contributed by atoms with E-state index in [9.17, 15) is 14.5 Å². The van der Waals surface area contributed by atoms with Crippen LogP contribution in [0.1, 0.15) is 47.9 Å². The molecule has 1 aromatic carbocycles. The lowest BCUT2D eigenvalue weighted by Gasteiger charge is -2.22. The summed E-state index contributed by atoms with van der Waals surface area (Å²) in [5, 5.41) is 17.2. The van der Waals surface area contributed by atoms with Crippen LogP contribution in [0, 0.1) is 4.91 Å². The minimum Gasteiger partial charge on any atom is -0.368 e. The smallest absolute Gasteiger partial charge is 0.250 e. The first kappa shape index (κ1) is 24.9. The minimum atomic E-state index is -1.12. The van der Waals surface area contributed by atoms with Gasteiger partial charge < -0.3 is 10.2 Å². The van der Waals surface area contributed by atoms with Gasteiger partial charge in [-0.1, -0.05) is 73.2 Å². The molecule has 30 heavy (non-hydrogen) atoms. The maximum Gasteiger partial charge on any atom is 0.250 e. The van der Waals surface area contributed by atoms with E-state index in [2.05, 4.69) is 12.0 Å². The third-order valence-electron chi connectivity index (χ3n) is 4.37. The molecule has 1 aliphatic heterocycles. The normalized spacial score (nSPS) is 19.7. The monoisotopic (exact) mass is 416 g/mol. The lowest BCUT2D eigenvalue weighted by atomic mass is 9.83. The van der Waals surface area contributed by atoms with Gasteiger partial charge in [-0.2, -0.15) is 0 Å². The van der Waals surface area contributed by atoms with Crippen LogP contribution in [0.25, 0.3) is 0 Å². The summed E-state index contributed by atoms with van der Waals surface area (Å²) >= 11 is 0. The van der Waals surface area contributed by atoms with Gasteiger partial charge in [0.15, 0.2) is 29.9 Å². The number of hydrogen-bond acceptors (Lipinski definition) is 5. The molecule has 8 nitrogen and oxygen atoms in total. The van der Waals surface area contributed by atoms with Crippen LogP contribution in [0.4, 0.5) is 0 Å². The molecule has 1 heterocycles. The first-order valence-electron chi connectivity index (χ1n) is 9.77. The lowest BCUT2D eigenvalue weighted by Crippen LogP contribution is -2.51. The number of benzene rings is 1. The molecule has 2 aliphatic rings. The van der Waals surface area contributed by atoms with E-state index in [1.165, 1.54) is 5.01 Å². The summed E-state index contributed by atoms with van der Waals surface area (Å²) in [6, 6.07) is 5.19. The van der Waals surface area contributed by atoms with Crippen LogP contribution in [0.15, 0.2) is 61.2 Å². The molecule has 1 aromatic rings. The van der Waals surface area contributed by atoms with Crippen LogP contribution in [-0.4, -0.2) is 56.7 Å². The summed E-state index contributed by atoms with van der Waals surface area (Å²) in [5.74, 6) is -0.380. The van der Waals surface area contributed by atoms with Crippen LogP contribution in [-0.2, 0) is 0 Å². The molecule has 3 rings (SSSR count). The zero-order chi connectivity index (χ0) is 22.7. The van der Waals surface area contributed by atoms with Crippen molar-refractivity contribution < 1.29 is 24.8 Å². The molecule has 162 valence electrons. The van der Waals surface area contributed by atoms with Gasteiger partial charge in [-0.05, 0) is 20.3 Å². The van der Waals surface area contributed by atoms with Crippen molar-refractivity contribution in [2.45, 2.75) is 45.6 Å². The van der Waals surface area contributed by atoms with Crippen molar-refractivity contribution in [2.75, 3.05) is 6.54 Å². The van der Waals surface area contributed by atoms with Gasteiger partial charge in [-0.15, -0.1) is 5.43 Å². The summed E-state index contributed by atoms with van der Waals surface area (Å²) in [5.41, 5.74) is 3.30. The molecule has 1 saturated heterocycles. The molecular weight excluding hydrogens is 386 g/mol. The topological polar surface area (TPSA) is 110 Å². The van der Waals surface area contributed by atoms with Crippen molar-refractivity contribution in [2.24, 2.45) is 0 Å². The van der Waals surface area contributed by atoms with Crippen molar-refractivity contribution in [3.05, 3.63) is 77.3 Å². The number of fused-ring (bicyclic) bond motifs is 2. The first-order chi connectivity index (χ1) is 14.3. The molecule has 2 atom stereocenters. The van der Waals surface area contributed by atoms with Gasteiger partial charge in [0, 0.05) is 11.1 Å². The van der Waals surface area contributed by atoms with Crippen molar-refractivity contribution in [3.8, 4) is 0 Å². The van der Waals surface area contributed by atoms with E-state index in [0.29, 0.717) is 29.1 Å². The highest BCUT2D eigenvalue weighted by Crippen LogP contribution is 2.27. The number of rotatable bonds is 4. The van der Waals surface area contributed by atoms with E-state index in [1.54, 1.807) is 44.2 Å². The molecule has 0 bridgehead atoms. The number of nitroso groups, excluding NO2 is 1. The zero-order valence-corrected chi connectivity index (χ0v) is 17.6. The van der Waals surface area contributed by atoms with Crippen LogP contribution in [0.2, 0.25) is 0 Å². The van der Waals surface area contributed by atoms with Gasteiger partial charge in [0.05, 0.1) is 11.5 Å². The Morgan fingerprint density at radius 3 is 2.17 bits per heavy atom. The largest absolute Gasteiger partial charge is 0.368 e. The predicted octanol–water partition coefficient (Wildman–Crippen LogP) is 2.35. The Balaban J connectivity index is 0.000000313. The molecule has 2 unspecified atom stereocenters. The molecule has 1 aliphatic carbocycles. The Bertz CT molecular complexity index is 817. The summed E-state index contributed by atoms with van der Waals surface area (Å²) in [6.45, 7) is 9.34.